The van der Waals surface area contributed by atoms with Gasteiger partial charge in [-0.2, -0.15) is 0 Å². The van der Waals surface area contributed by atoms with Gasteiger partial charge in [0.15, 0.2) is 0 Å². The van der Waals surface area contributed by atoms with Gasteiger partial charge in [0, 0.05) is 47.8 Å². The molecule has 0 aliphatic carbocycles. The van der Waals surface area contributed by atoms with E-state index >= 15 is 0 Å². The fraction of sp³-hybridized carbons (Fsp3) is 0.333. The minimum Gasteiger partial charge on any atom is -0.351 e. The van der Waals surface area contributed by atoms with E-state index in [0.29, 0.717) is 36.1 Å². The maximum absolute atomic E-state index is 12.8. The molecule has 9 nitrogen and oxygen atoms in total. The van der Waals surface area contributed by atoms with Crippen LogP contribution in [-0.4, -0.2) is 39.1 Å². The van der Waals surface area contributed by atoms with Crippen LogP contribution in [0.25, 0.3) is 10.9 Å². The van der Waals surface area contributed by atoms with Gasteiger partial charge in [-0.1, -0.05) is 25.4 Å². The minimum atomic E-state index is -0.809. The number of nitrogens with zero attached hydrogens (tertiary/aromatic N) is 2. The Balaban J connectivity index is 1.58. The van der Waals surface area contributed by atoms with Gasteiger partial charge in [0.25, 0.3) is 11.5 Å². The molecule has 0 aliphatic heterocycles. The van der Waals surface area contributed by atoms with Crippen LogP contribution in [0.2, 0.25) is 5.02 Å². The molecule has 164 valence electrons. The van der Waals surface area contributed by atoms with Gasteiger partial charge in [0.05, 0.1) is 0 Å². The van der Waals surface area contributed by atoms with Crippen LogP contribution in [0.1, 0.15) is 30.8 Å². The van der Waals surface area contributed by atoms with Crippen molar-refractivity contribution in [2.45, 2.75) is 26.8 Å². The largest absolute Gasteiger partial charge is 0.351 e. The Labute approximate surface area is 183 Å². The summed E-state index contributed by atoms with van der Waals surface area (Å²) in [4.78, 5) is 49.4. The number of H-pyrrole nitrogens is 1. The van der Waals surface area contributed by atoms with Crippen LogP contribution < -0.4 is 21.9 Å². The zero-order valence-electron chi connectivity index (χ0n) is 17.3. The summed E-state index contributed by atoms with van der Waals surface area (Å²) in [5.74, 6) is 0.139. The van der Waals surface area contributed by atoms with E-state index in [4.69, 9.17) is 11.6 Å². The van der Waals surface area contributed by atoms with Crippen molar-refractivity contribution in [3.63, 3.8) is 0 Å². The second-order valence-electron chi connectivity index (χ2n) is 7.56. The summed E-state index contributed by atoms with van der Waals surface area (Å²) in [5.41, 5.74) is 0.113. The second kappa shape index (κ2) is 9.65. The van der Waals surface area contributed by atoms with Gasteiger partial charge in [-0.05, 0) is 36.6 Å². The maximum Gasteiger partial charge on any atom is 0.336 e. The number of aromatic nitrogens is 3. The quantitative estimate of drug-likeness (QED) is 0.483. The molecule has 1 aromatic carbocycles. The SMILES string of the molecule is CC(C)Cn1c(C(=O)NCCCNC(=O)n2ccc(=O)[nH]c2=O)cc2cc(Cl)ccc21. The molecule has 3 N–H and O–H groups in total. The van der Waals surface area contributed by atoms with Crippen LogP contribution in [0.3, 0.4) is 0 Å². The third-order valence-corrected chi connectivity index (χ3v) is 4.84. The lowest BCUT2D eigenvalue weighted by atomic mass is 10.2. The Morgan fingerprint density at radius 2 is 1.84 bits per heavy atom. The number of carbonyl (C=O) groups excluding carboxylic acids is 2. The van der Waals surface area contributed by atoms with Crippen molar-refractivity contribution in [3.8, 4) is 0 Å². The van der Waals surface area contributed by atoms with Gasteiger partial charge >= 0.3 is 11.7 Å². The number of nitrogens with one attached hydrogen (secondary N) is 3. The van der Waals surface area contributed by atoms with Crippen LogP contribution in [-0.2, 0) is 6.54 Å². The number of fused-ring (bicyclic) bond motifs is 1. The first-order valence-electron chi connectivity index (χ1n) is 9.93. The van der Waals surface area contributed by atoms with E-state index in [-0.39, 0.29) is 12.5 Å². The number of aromatic amines is 1. The van der Waals surface area contributed by atoms with E-state index < -0.39 is 17.3 Å². The highest BCUT2D eigenvalue weighted by Gasteiger charge is 2.16. The highest BCUT2D eigenvalue weighted by Crippen LogP contribution is 2.24. The van der Waals surface area contributed by atoms with Gasteiger partial charge in [-0.15, -0.1) is 0 Å². The first-order chi connectivity index (χ1) is 14.8. The average Bonchev–Trinajstić information content (AvgIpc) is 3.04. The highest BCUT2D eigenvalue weighted by atomic mass is 35.5. The smallest absolute Gasteiger partial charge is 0.336 e. The van der Waals surface area contributed by atoms with Crippen LogP contribution in [0.15, 0.2) is 46.1 Å². The molecule has 0 unspecified atom stereocenters. The van der Waals surface area contributed by atoms with Gasteiger partial charge in [0.1, 0.15) is 5.69 Å². The van der Waals surface area contributed by atoms with Crippen LogP contribution in [0, 0.1) is 5.92 Å². The highest BCUT2D eigenvalue weighted by molar-refractivity contribution is 6.31. The first-order valence-corrected chi connectivity index (χ1v) is 10.3. The molecule has 0 saturated heterocycles. The van der Waals surface area contributed by atoms with Crippen molar-refractivity contribution in [1.29, 1.82) is 0 Å². The van der Waals surface area contributed by atoms with Crippen molar-refractivity contribution >= 4 is 34.4 Å². The van der Waals surface area contributed by atoms with Crippen LogP contribution >= 0.6 is 11.6 Å². The van der Waals surface area contributed by atoms with Crippen molar-refractivity contribution in [2.24, 2.45) is 5.92 Å². The molecule has 2 amide bonds. The molecule has 0 radical (unpaired) electrons. The van der Waals surface area contributed by atoms with Gasteiger partial charge in [-0.3, -0.25) is 14.6 Å². The lowest BCUT2D eigenvalue weighted by Crippen LogP contribution is -2.40. The third-order valence-electron chi connectivity index (χ3n) is 4.60. The van der Waals surface area contributed by atoms with Gasteiger partial charge in [-0.25, -0.2) is 14.2 Å². The predicted molar refractivity (Wildman–Crippen MR) is 119 cm³/mol. The fourth-order valence-corrected chi connectivity index (χ4v) is 3.41. The number of amides is 2. The van der Waals surface area contributed by atoms with E-state index in [2.05, 4.69) is 24.5 Å². The molecule has 0 aliphatic rings. The molecule has 0 bridgehead atoms. The van der Waals surface area contributed by atoms with E-state index in [1.165, 1.54) is 0 Å². The third kappa shape index (κ3) is 5.43. The Hall–Kier alpha value is -3.33. The van der Waals surface area contributed by atoms with E-state index in [9.17, 15) is 19.2 Å². The normalized spacial score (nSPS) is 11.1. The maximum atomic E-state index is 12.8. The second-order valence-corrected chi connectivity index (χ2v) is 8.00. The summed E-state index contributed by atoms with van der Waals surface area (Å²) in [6.07, 6.45) is 1.57. The van der Waals surface area contributed by atoms with E-state index in [1.807, 2.05) is 27.8 Å². The molecule has 0 saturated carbocycles. The van der Waals surface area contributed by atoms with Crippen LogP contribution in [0.5, 0.6) is 0 Å². The molecule has 2 heterocycles. The Morgan fingerprint density at radius 1 is 1.10 bits per heavy atom. The average molecular weight is 446 g/mol. The minimum absolute atomic E-state index is 0.212. The first kappa shape index (κ1) is 22.4. The van der Waals surface area contributed by atoms with E-state index in [1.54, 1.807) is 6.07 Å². The standard InChI is InChI=1S/C21H24ClN5O4/c1-13(2)12-27-16-5-4-15(22)10-14(16)11-17(27)19(29)23-7-3-8-24-20(30)26-9-6-18(28)25-21(26)31/h4-6,9-11,13H,3,7-8,12H2,1-2H3,(H,23,29)(H,24,30)(H,25,28,31). The van der Waals surface area contributed by atoms with Crippen molar-refractivity contribution in [2.75, 3.05) is 13.1 Å². The number of carbonyl (C=O) groups is 2. The summed E-state index contributed by atoms with van der Waals surface area (Å²) in [6.45, 7) is 5.44. The predicted octanol–water partition coefficient (Wildman–Crippen LogP) is 2.18. The van der Waals surface area contributed by atoms with E-state index in [0.717, 1.165) is 27.7 Å². The van der Waals surface area contributed by atoms with Crippen LogP contribution in [0.4, 0.5) is 4.79 Å². The summed E-state index contributed by atoms with van der Waals surface area (Å²) in [5, 5.41) is 6.94. The number of hydrogen-bond donors (Lipinski definition) is 3. The number of rotatable bonds is 7. The molecule has 0 spiro atoms. The number of halogens is 1. The van der Waals surface area contributed by atoms with Crippen molar-refractivity contribution in [1.82, 2.24) is 24.8 Å². The molecular weight excluding hydrogens is 422 g/mol. The van der Waals surface area contributed by atoms with Crippen molar-refractivity contribution < 1.29 is 9.59 Å². The molecule has 0 atom stereocenters. The lowest BCUT2D eigenvalue weighted by molar-refractivity contribution is 0.0944. The summed E-state index contributed by atoms with van der Waals surface area (Å²) < 4.78 is 2.76. The molecule has 31 heavy (non-hydrogen) atoms. The number of benzene rings is 1. The summed E-state index contributed by atoms with van der Waals surface area (Å²) in [7, 11) is 0. The Kier molecular flexibility index (Phi) is 6.96. The molecule has 0 fully saturated rings. The van der Waals surface area contributed by atoms with Gasteiger partial charge < -0.3 is 15.2 Å². The molecule has 3 aromatic rings. The van der Waals surface area contributed by atoms with Gasteiger partial charge in [0.2, 0.25) is 0 Å². The Bertz CT molecular complexity index is 1220. The zero-order chi connectivity index (χ0) is 22.5. The van der Waals surface area contributed by atoms with Crippen molar-refractivity contribution in [3.05, 3.63) is 68.1 Å². The Morgan fingerprint density at radius 3 is 2.55 bits per heavy atom. The summed E-state index contributed by atoms with van der Waals surface area (Å²) in [6, 6.07) is 7.80. The molecule has 3 rings (SSSR count). The summed E-state index contributed by atoms with van der Waals surface area (Å²) >= 11 is 6.09. The zero-order valence-corrected chi connectivity index (χ0v) is 18.0. The lowest BCUT2D eigenvalue weighted by Gasteiger charge is -2.13. The molecule has 2 aromatic heterocycles. The number of hydrogen-bond acceptors (Lipinski definition) is 4. The topological polar surface area (TPSA) is 118 Å². The fourth-order valence-electron chi connectivity index (χ4n) is 3.23. The monoisotopic (exact) mass is 445 g/mol. The molecule has 10 heteroatoms. The molecular formula is C21H24ClN5O4.